The van der Waals surface area contributed by atoms with Gasteiger partial charge in [-0.25, -0.2) is 0 Å². The molecule has 7 nitrogen and oxygen atoms in total. The predicted octanol–water partition coefficient (Wildman–Crippen LogP) is 2.45. The van der Waals surface area contributed by atoms with E-state index in [9.17, 15) is 25.2 Å². The summed E-state index contributed by atoms with van der Waals surface area (Å²) >= 11 is 0. The van der Waals surface area contributed by atoms with Crippen molar-refractivity contribution in [1.82, 2.24) is 0 Å². The molecule has 2 aliphatic rings. The average Bonchev–Trinajstić information content (AvgIpc) is 2.57. The van der Waals surface area contributed by atoms with Crippen LogP contribution in [0.15, 0.2) is 30.3 Å². The molecular weight excluding hydrogens is 352 g/mol. The van der Waals surface area contributed by atoms with E-state index in [1.165, 1.54) is 12.1 Å². The van der Waals surface area contributed by atoms with Gasteiger partial charge in [-0.2, -0.15) is 0 Å². The maximum atomic E-state index is 13.0. The molecule has 140 valence electrons. The second kappa shape index (κ2) is 5.40. The number of hydrogen-bond acceptors (Lipinski definition) is 7. The summed E-state index contributed by atoms with van der Waals surface area (Å²) < 4.78 is 11.2. The molecule has 4 N–H and O–H groups in total. The second-order valence-electron chi connectivity index (χ2n) is 7.23. The van der Waals surface area contributed by atoms with Gasteiger partial charge < -0.3 is 29.9 Å². The first-order valence-electron chi connectivity index (χ1n) is 8.33. The van der Waals surface area contributed by atoms with Gasteiger partial charge in [0.05, 0.1) is 5.56 Å². The van der Waals surface area contributed by atoms with E-state index >= 15 is 0 Å². The highest BCUT2D eigenvalue weighted by Gasteiger charge is 2.48. The van der Waals surface area contributed by atoms with Gasteiger partial charge >= 0.3 is 0 Å². The molecule has 4 rings (SSSR count). The fourth-order valence-corrected chi connectivity index (χ4v) is 3.36. The number of carbonyl (C=O) groups is 1. The van der Waals surface area contributed by atoms with Gasteiger partial charge in [-0.1, -0.05) is 0 Å². The molecule has 0 amide bonds. The predicted molar refractivity (Wildman–Crippen MR) is 95.3 cm³/mol. The molecule has 0 spiro atoms. The Hall–Kier alpha value is -3.19. The van der Waals surface area contributed by atoms with Crippen molar-refractivity contribution < 1.29 is 34.7 Å². The molecule has 0 saturated carbocycles. The van der Waals surface area contributed by atoms with Crippen LogP contribution in [-0.2, 0) is 5.60 Å². The number of phenols is 3. The largest absolute Gasteiger partial charge is 0.508 e. The third-order valence-electron chi connectivity index (χ3n) is 4.75. The summed E-state index contributed by atoms with van der Waals surface area (Å²) in [6.07, 6.45) is 3.42. The van der Waals surface area contributed by atoms with Crippen LogP contribution in [0.3, 0.4) is 0 Å². The van der Waals surface area contributed by atoms with Gasteiger partial charge in [0.15, 0.2) is 5.60 Å². The number of fused-ring (bicyclic) bond motifs is 2. The van der Waals surface area contributed by atoms with E-state index < -0.39 is 29.3 Å². The van der Waals surface area contributed by atoms with Crippen LogP contribution in [0.1, 0.15) is 35.3 Å². The van der Waals surface area contributed by atoms with Crippen LogP contribution in [0, 0.1) is 0 Å². The van der Waals surface area contributed by atoms with Crippen LogP contribution in [0.4, 0.5) is 0 Å². The van der Waals surface area contributed by atoms with Gasteiger partial charge in [-0.3, -0.25) is 4.79 Å². The Morgan fingerprint density at radius 3 is 2.56 bits per heavy atom. The van der Waals surface area contributed by atoms with Gasteiger partial charge in [0, 0.05) is 17.7 Å². The van der Waals surface area contributed by atoms with Crippen molar-refractivity contribution in [3.63, 3.8) is 0 Å². The van der Waals surface area contributed by atoms with Gasteiger partial charge in [0.25, 0.3) is 0 Å². The molecule has 2 heterocycles. The van der Waals surface area contributed by atoms with E-state index in [0.717, 1.165) is 6.07 Å². The molecule has 0 saturated heterocycles. The smallest absolute Gasteiger partial charge is 0.210 e. The lowest BCUT2D eigenvalue weighted by molar-refractivity contribution is -0.00681. The molecule has 27 heavy (non-hydrogen) atoms. The summed E-state index contributed by atoms with van der Waals surface area (Å²) in [6.45, 7) is 3.24. The molecule has 0 aromatic heterocycles. The Morgan fingerprint density at radius 1 is 1.07 bits per heavy atom. The van der Waals surface area contributed by atoms with Crippen molar-refractivity contribution in [3.8, 4) is 28.7 Å². The first-order chi connectivity index (χ1) is 12.6. The summed E-state index contributed by atoms with van der Waals surface area (Å²) in [6, 6.07) is 5.12. The number of rotatable bonds is 1. The Morgan fingerprint density at radius 2 is 1.81 bits per heavy atom. The van der Waals surface area contributed by atoms with E-state index in [-0.39, 0.29) is 28.4 Å². The van der Waals surface area contributed by atoms with Gasteiger partial charge in [0.2, 0.25) is 5.78 Å². The number of phenolic OH excluding ortho intramolecular Hbond substituents is 3. The number of ketones is 1. The zero-order valence-electron chi connectivity index (χ0n) is 14.7. The maximum absolute atomic E-state index is 13.0. The van der Waals surface area contributed by atoms with Crippen molar-refractivity contribution in [1.29, 1.82) is 0 Å². The van der Waals surface area contributed by atoms with Crippen molar-refractivity contribution >= 4 is 11.9 Å². The number of ether oxygens (including phenoxy) is 2. The van der Waals surface area contributed by atoms with Gasteiger partial charge in [-0.05, 0) is 38.1 Å². The Bertz CT molecular complexity index is 1010. The number of aromatic hydroxyl groups is 3. The number of aliphatic hydroxyl groups is 1. The van der Waals surface area contributed by atoms with Crippen molar-refractivity contribution in [2.24, 2.45) is 0 Å². The van der Waals surface area contributed by atoms with Gasteiger partial charge in [-0.15, -0.1) is 0 Å². The van der Waals surface area contributed by atoms with Crippen LogP contribution in [-0.4, -0.2) is 38.4 Å². The van der Waals surface area contributed by atoms with E-state index in [0.29, 0.717) is 11.3 Å². The minimum absolute atomic E-state index is 0.0374. The molecule has 0 fully saturated rings. The summed E-state index contributed by atoms with van der Waals surface area (Å²) in [5.41, 5.74) is -2.73. The zero-order chi connectivity index (χ0) is 19.6. The van der Waals surface area contributed by atoms with Crippen LogP contribution in [0.5, 0.6) is 28.7 Å². The standard InChI is InChI=1S/C20H18O7/c1-19(2)6-5-11-14(27-19)4-3-12(17(11)23)20(25)9-26-15-8-10(21)7-13(22)16(15)18(20)24/h3-8,21-23,25H,9H2,1-2H3/t20-/m1/s1. The minimum atomic E-state index is -2.21. The molecular formula is C20H18O7. The molecule has 2 aliphatic heterocycles. The summed E-state index contributed by atoms with van der Waals surface area (Å²) in [5.74, 6) is -1.55. The lowest BCUT2D eigenvalue weighted by Gasteiger charge is -2.34. The lowest BCUT2D eigenvalue weighted by atomic mass is 9.82. The monoisotopic (exact) mass is 370 g/mol. The topological polar surface area (TPSA) is 116 Å². The molecule has 0 aliphatic carbocycles. The summed E-state index contributed by atoms with van der Waals surface area (Å²) in [4.78, 5) is 13.0. The van der Waals surface area contributed by atoms with E-state index in [1.54, 1.807) is 18.2 Å². The van der Waals surface area contributed by atoms with Crippen LogP contribution < -0.4 is 9.47 Å². The lowest BCUT2D eigenvalue weighted by Crippen LogP contribution is -2.45. The van der Waals surface area contributed by atoms with Crippen LogP contribution in [0.2, 0.25) is 0 Å². The Balaban J connectivity index is 1.84. The summed E-state index contributed by atoms with van der Waals surface area (Å²) in [7, 11) is 0. The van der Waals surface area contributed by atoms with Crippen molar-refractivity contribution in [3.05, 3.63) is 47.0 Å². The number of benzene rings is 2. The third kappa shape index (κ3) is 2.50. The molecule has 1 atom stereocenters. The van der Waals surface area contributed by atoms with Crippen LogP contribution in [0.25, 0.3) is 6.08 Å². The molecule has 0 unspecified atom stereocenters. The average molecular weight is 370 g/mol. The third-order valence-corrected chi connectivity index (χ3v) is 4.75. The molecule has 0 bridgehead atoms. The minimum Gasteiger partial charge on any atom is -0.508 e. The SMILES string of the molecule is CC1(C)C=Cc2c(ccc([C@]3(O)COc4cc(O)cc(O)c4C3=O)c2O)O1. The highest BCUT2D eigenvalue weighted by Crippen LogP contribution is 2.47. The second-order valence-corrected chi connectivity index (χ2v) is 7.23. The van der Waals surface area contributed by atoms with E-state index in [1.807, 2.05) is 13.8 Å². The summed E-state index contributed by atoms with van der Waals surface area (Å²) in [5, 5.41) is 41.3. The quantitative estimate of drug-likeness (QED) is 0.609. The molecule has 0 radical (unpaired) electrons. The maximum Gasteiger partial charge on any atom is 0.210 e. The molecule has 2 aromatic carbocycles. The Kier molecular flexibility index (Phi) is 3.45. The molecule has 7 heteroatoms. The van der Waals surface area contributed by atoms with Crippen molar-refractivity contribution in [2.45, 2.75) is 25.0 Å². The van der Waals surface area contributed by atoms with Crippen molar-refractivity contribution in [2.75, 3.05) is 6.61 Å². The van der Waals surface area contributed by atoms with E-state index in [2.05, 4.69) is 0 Å². The zero-order valence-corrected chi connectivity index (χ0v) is 14.7. The van der Waals surface area contributed by atoms with E-state index in [4.69, 9.17) is 9.47 Å². The highest BCUT2D eigenvalue weighted by molar-refractivity contribution is 6.08. The first-order valence-corrected chi connectivity index (χ1v) is 8.33. The number of hydrogen-bond donors (Lipinski definition) is 4. The first kappa shape index (κ1) is 17.2. The number of Topliss-reactive ketones (excluding diaryl/α,β-unsaturated/α-hetero) is 1. The molecule has 2 aromatic rings. The van der Waals surface area contributed by atoms with Crippen LogP contribution >= 0.6 is 0 Å². The highest BCUT2D eigenvalue weighted by atomic mass is 16.5. The Labute approximate surface area is 154 Å². The normalized spacial score (nSPS) is 22.4. The number of carbonyl (C=O) groups excluding carboxylic acids is 1. The van der Waals surface area contributed by atoms with Gasteiger partial charge in [0.1, 0.15) is 46.5 Å². The fraction of sp³-hybridized carbons (Fsp3) is 0.250. The fourth-order valence-electron chi connectivity index (χ4n) is 3.36.